The van der Waals surface area contributed by atoms with E-state index in [1.807, 2.05) is 43.6 Å². The number of aryl methyl sites for hydroxylation is 1. The third kappa shape index (κ3) is 3.72. The molecule has 0 aliphatic carbocycles. The molecule has 7 nitrogen and oxygen atoms in total. The van der Waals surface area contributed by atoms with Crippen LogP contribution >= 0.6 is 11.3 Å². The number of carbonyl (C=O) groups is 1. The number of aromatic nitrogens is 4. The predicted octanol–water partition coefficient (Wildman–Crippen LogP) is 2.82. The molecule has 0 saturated carbocycles. The summed E-state index contributed by atoms with van der Waals surface area (Å²) in [7, 11) is 1.81. The van der Waals surface area contributed by atoms with Crippen LogP contribution in [0.3, 0.4) is 0 Å². The predicted molar refractivity (Wildman–Crippen MR) is 89.1 cm³/mol. The number of carbonyl (C=O) groups excluding carboxylic acids is 1. The number of anilines is 1. The normalized spacial score (nSPS) is 11.9. The topological polar surface area (TPSA) is 84.7 Å². The lowest BCUT2D eigenvalue weighted by atomic mass is 10.2. The Morgan fingerprint density at radius 2 is 2.22 bits per heavy atom. The summed E-state index contributed by atoms with van der Waals surface area (Å²) in [6.45, 7) is 1.90. The van der Waals surface area contributed by atoms with Crippen molar-refractivity contribution in [2.45, 2.75) is 13.0 Å². The average molecular weight is 328 g/mol. The van der Waals surface area contributed by atoms with E-state index in [-0.39, 0.29) is 12.1 Å². The highest BCUT2D eigenvalue weighted by Gasteiger charge is 2.12. The van der Waals surface area contributed by atoms with Gasteiger partial charge in [0.25, 0.3) is 0 Å². The fourth-order valence-corrected chi connectivity index (χ4v) is 2.73. The van der Waals surface area contributed by atoms with Gasteiger partial charge in [-0.2, -0.15) is 5.10 Å². The highest BCUT2D eigenvalue weighted by atomic mass is 32.1. The van der Waals surface area contributed by atoms with E-state index in [0.29, 0.717) is 11.5 Å². The fourth-order valence-electron chi connectivity index (χ4n) is 2.08. The molecule has 2 aromatic heterocycles. The first-order chi connectivity index (χ1) is 11.1. The van der Waals surface area contributed by atoms with Crippen molar-refractivity contribution in [3.05, 3.63) is 47.2 Å². The van der Waals surface area contributed by atoms with E-state index < -0.39 is 0 Å². The van der Waals surface area contributed by atoms with Gasteiger partial charge in [0.1, 0.15) is 11.3 Å². The Labute approximate surface area is 137 Å². The van der Waals surface area contributed by atoms with Crippen LogP contribution in [-0.2, 0) is 7.05 Å². The first-order valence-corrected chi connectivity index (χ1v) is 7.93. The van der Waals surface area contributed by atoms with E-state index >= 15 is 0 Å². The minimum atomic E-state index is -0.279. The van der Waals surface area contributed by atoms with Crippen LogP contribution in [0.4, 0.5) is 10.5 Å². The molecule has 8 heteroatoms. The molecule has 2 N–H and O–H groups in total. The first-order valence-electron chi connectivity index (χ1n) is 7.05. The van der Waals surface area contributed by atoms with Crippen LogP contribution in [0.25, 0.3) is 11.4 Å². The van der Waals surface area contributed by atoms with E-state index in [1.165, 1.54) is 11.3 Å². The lowest BCUT2D eigenvalue weighted by Gasteiger charge is -2.12. The minimum Gasteiger partial charge on any atom is -0.329 e. The molecule has 3 rings (SSSR count). The molecule has 1 aromatic carbocycles. The van der Waals surface area contributed by atoms with Gasteiger partial charge in [0.15, 0.2) is 5.82 Å². The number of hydrogen-bond donors (Lipinski definition) is 2. The van der Waals surface area contributed by atoms with Crippen molar-refractivity contribution in [2.24, 2.45) is 7.05 Å². The largest absolute Gasteiger partial charge is 0.329 e. The summed E-state index contributed by atoms with van der Waals surface area (Å²) in [5.74, 6) is 0.618. The monoisotopic (exact) mass is 328 g/mol. The molecule has 3 aromatic rings. The molecule has 0 bridgehead atoms. The molecule has 23 heavy (non-hydrogen) atoms. The summed E-state index contributed by atoms with van der Waals surface area (Å²) >= 11 is 1.51. The van der Waals surface area contributed by atoms with Gasteiger partial charge in [-0.3, -0.25) is 4.68 Å². The molecule has 118 valence electrons. The highest BCUT2D eigenvalue weighted by molar-refractivity contribution is 7.09. The third-order valence-electron chi connectivity index (χ3n) is 3.15. The summed E-state index contributed by atoms with van der Waals surface area (Å²) in [5, 5.41) is 12.7. The molecule has 2 amide bonds. The number of thiazole rings is 1. The number of amides is 2. The van der Waals surface area contributed by atoms with E-state index in [2.05, 4.69) is 25.7 Å². The van der Waals surface area contributed by atoms with E-state index in [1.54, 1.807) is 17.2 Å². The van der Waals surface area contributed by atoms with Gasteiger partial charge < -0.3 is 10.6 Å². The molecule has 0 aliphatic rings. The number of benzene rings is 1. The second kappa shape index (κ2) is 6.57. The fraction of sp³-hybridized carbons (Fsp3) is 0.200. The van der Waals surface area contributed by atoms with Gasteiger partial charge in [0, 0.05) is 29.9 Å². The first kappa shape index (κ1) is 15.2. The smallest absolute Gasteiger partial charge is 0.319 e. The Morgan fingerprint density at radius 1 is 1.35 bits per heavy atom. The third-order valence-corrected chi connectivity index (χ3v) is 4.11. The summed E-state index contributed by atoms with van der Waals surface area (Å²) < 4.78 is 1.64. The van der Waals surface area contributed by atoms with Gasteiger partial charge in [-0.25, -0.2) is 14.8 Å². The maximum atomic E-state index is 12.1. The number of urea groups is 1. The maximum Gasteiger partial charge on any atom is 0.319 e. The summed E-state index contributed by atoms with van der Waals surface area (Å²) in [6, 6.07) is 6.99. The number of rotatable bonds is 4. The Morgan fingerprint density at radius 3 is 2.91 bits per heavy atom. The second-order valence-corrected chi connectivity index (χ2v) is 5.94. The molecule has 0 aliphatic heterocycles. The zero-order valence-corrected chi connectivity index (χ0v) is 13.5. The number of nitrogens with one attached hydrogen (secondary N) is 2. The van der Waals surface area contributed by atoms with Gasteiger partial charge in [0.05, 0.1) is 6.04 Å². The zero-order chi connectivity index (χ0) is 16.2. The summed E-state index contributed by atoms with van der Waals surface area (Å²) in [5.41, 5.74) is 1.52. The van der Waals surface area contributed by atoms with Crippen molar-refractivity contribution < 1.29 is 4.79 Å². The van der Waals surface area contributed by atoms with Gasteiger partial charge in [-0.05, 0) is 19.1 Å². The zero-order valence-electron chi connectivity index (χ0n) is 12.7. The number of hydrogen-bond acceptors (Lipinski definition) is 5. The van der Waals surface area contributed by atoms with Crippen molar-refractivity contribution in [1.29, 1.82) is 0 Å². The molecule has 0 spiro atoms. The maximum absolute atomic E-state index is 12.1. The lowest BCUT2D eigenvalue weighted by Crippen LogP contribution is -2.31. The van der Waals surface area contributed by atoms with Crippen LogP contribution in [-0.4, -0.2) is 25.8 Å². The number of nitrogens with zero attached hydrogens (tertiary/aromatic N) is 4. The Balaban J connectivity index is 1.67. The van der Waals surface area contributed by atoms with E-state index in [0.717, 1.165) is 10.6 Å². The van der Waals surface area contributed by atoms with Crippen molar-refractivity contribution in [3.63, 3.8) is 0 Å². The van der Waals surface area contributed by atoms with Gasteiger partial charge in [-0.1, -0.05) is 12.1 Å². The molecule has 1 atom stereocenters. The van der Waals surface area contributed by atoms with Crippen LogP contribution in [0, 0.1) is 0 Å². The lowest BCUT2D eigenvalue weighted by molar-refractivity contribution is 0.249. The van der Waals surface area contributed by atoms with Gasteiger partial charge in [-0.15, -0.1) is 11.3 Å². The van der Waals surface area contributed by atoms with Gasteiger partial charge in [0.2, 0.25) is 0 Å². The molecular formula is C15H16N6OS. The minimum absolute atomic E-state index is 0.143. The molecular weight excluding hydrogens is 312 g/mol. The average Bonchev–Trinajstić information content (AvgIpc) is 3.18. The van der Waals surface area contributed by atoms with Gasteiger partial charge >= 0.3 is 6.03 Å². The molecule has 2 heterocycles. The summed E-state index contributed by atoms with van der Waals surface area (Å²) in [6.07, 6.45) is 3.36. The SMILES string of the molecule is CC(NC(=O)Nc1cccc(-c2ncn(C)n2)c1)c1nccs1. The Hall–Kier alpha value is -2.74. The standard InChI is InChI=1S/C15H16N6OS/c1-10(14-16-6-7-23-14)18-15(22)19-12-5-3-4-11(8-12)13-17-9-21(2)20-13/h3-10H,1-2H3,(H2,18,19,22). The Kier molecular flexibility index (Phi) is 4.33. The van der Waals surface area contributed by atoms with Crippen LogP contribution < -0.4 is 10.6 Å². The molecule has 1 unspecified atom stereocenters. The molecule has 0 fully saturated rings. The second-order valence-electron chi connectivity index (χ2n) is 5.01. The highest BCUT2D eigenvalue weighted by Crippen LogP contribution is 2.19. The quantitative estimate of drug-likeness (QED) is 0.771. The Bertz CT molecular complexity index is 798. The van der Waals surface area contributed by atoms with Crippen LogP contribution in [0.1, 0.15) is 18.0 Å². The van der Waals surface area contributed by atoms with Crippen LogP contribution in [0.2, 0.25) is 0 Å². The van der Waals surface area contributed by atoms with Crippen molar-refractivity contribution in [3.8, 4) is 11.4 Å². The molecule has 0 radical (unpaired) electrons. The van der Waals surface area contributed by atoms with Crippen molar-refractivity contribution in [1.82, 2.24) is 25.1 Å². The summed E-state index contributed by atoms with van der Waals surface area (Å²) in [4.78, 5) is 20.5. The van der Waals surface area contributed by atoms with Crippen LogP contribution in [0.5, 0.6) is 0 Å². The van der Waals surface area contributed by atoms with Crippen LogP contribution in [0.15, 0.2) is 42.2 Å². The van der Waals surface area contributed by atoms with E-state index in [4.69, 9.17) is 0 Å². The molecule has 0 saturated heterocycles. The van der Waals surface area contributed by atoms with Crippen molar-refractivity contribution >= 4 is 23.1 Å². The van der Waals surface area contributed by atoms with Crippen molar-refractivity contribution in [2.75, 3.05) is 5.32 Å². The van der Waals surface area contributed by atoms with E-state index in [9.17, 15) is 4.79 Å².